The number of hydrogen-bond acceptors (Lipinski definition) is 2. The summed E-state index contributed by atoms with van der Waals surface area (Å²) >= 11 is 13.4. The number of Topliss-reactive ketones (excluding diaryl/α,β-unsaturated/α-hetero) is 1. The van der Waals surface area contributed by atoms with Crippen molar-refractivity contribution in [2.24, 2.45) is 0 Å². The van der Waals surface area contributed by atoms with Crippen molar-refractivity contribution in [3.05, 3.63) is 56.2 Å². The smallest absolute Gasteiger partial charge is 0.168 e. The highest BCUT2D eigenvalue weighted by Crippen LogP contribution is 2.22. The summed E-state index contributed by atoms with van der Waals surface area (Å²) in [6.07, 6.45) is 0.365. The molecular formula is C12H8Cl2OS. The number of benzene rings is 1. The lowest BCUT2D eigenvalue weighted by atomic mass is 10.1. The Morgan fingerprint density at radius 3 is 2.75 bits per heavy atom. The third-order valence-corrected chi connectivity index (χ3v) is 3.47. The van der Waals surface area contributed by atoms with Crippen molar-refractivity contribution < 1.29 is 4.79 Å². The standard InChI is InChI=1S/C12H8Cl2OS/c13-9-1-2-11(14)10(6-9)12(15)5-8-3-4-16-7-8/h1-4,6-7H,5H2. The van der Waals surface area contributed by atoms with E-state index in [1.807, 2.05) is 16.8 Å². The quantitative estimate of drug-likeness (QED) is 0.752. The van der Waals surface area contributed by atoms with Crippen molar-refractivity contribution in [2.45, 2.75) is 6.42 Å². The summed E-state index contributed by atoms with van der Waals surface area (Å²) in [6, 6.07) is 6.86. The second kappa shape index (κ2) is 5.00. The summed E-state index contributed by atoms with van der Waals surface area (Å²) in [5, 5.41) is 4.88. The Morgan fingerprint density at radius 2 is 2.06 bits per heavy atom. The molecule has 82 valence electrons. The van der Waals surface area contributed by atoms with E-state index in [0.717, 1.165) is 5.56 Å². The first-order chi connectivity index (χ1) is 7.66. The summed E-state index contributed by atoms with van der Waals surface area (Å²) in [5.41, 5.74) is 1.49. The van der Waals surface area contributed by atoms with Gasteiger partial charge < -0.3 is 0 Å². The van der Waals surface area contributed by atoms with Gasteiger partial charge in [0.25, 0.3) is 0 Å². The van der Waals surface area contributed by atoms with Gasteiger partial charge in [0, 0.05) is 17.0 Å². The molecule has 0 unspecified atom stereocenters. The van der Waals surface area contributed by atoms with Crippen LogP contribution in [0.4, 0.5) is 0 Å². The summed E-state index contributed by atoms with van der Waals surface area (Å²) in [4.78, 5) is 11.9. The van der Waals surface area contributed by atoms with Crippen molar-refractivity contribution in [2.75, 3.05) is 0 Å². The molecule has 0 bridgehead atoms. The maximum absolute atomic E-state index is 11.9. The van der Waals surface area contributed by atoms with Gasteiger partial charge in [-0.3, -0.25) is 4.79 Å². The van der Waals surface area contributed by atoms with Gasteiger partial charge in [0.2, 0.25) is 0 Å². The molecule has 0 aliphatic carbocycles. The van der Waals surface area contributed by atoms with Gasteiger partial charge in [-0.2, -0.15) is 11.3 Å². The van der Waals surface area contributed by atoms with E-state index in [1.54, 1.807) is 29.5 Å². The molecule has 0 aliphatic heterocycles. The topological polar surface area (TPSA) is 17.1 Å². The molecule has 1 aromatic carbocycles. The zero-order chi connectivity index (χ0) is 11.5. The van der Waals surface area contributed by atoms with E-state index >= 15 is 0 Å². The van der Waals surface area contributed by atoms with Crippen molar-refractivity contribution in [3.8, 4) is 0 Å². The average molecular weight is 271 g/mol. The number of thiophene rings is 1. The molecule has 2 aromatic rings. The Bertz CT molecular complexity index is 506. The number of rotatable bonds is 3. The Hall–Kier alpha value is -0.830. The number of hydrogen-bond donors (Lipinski definition) is 0. The minimum atomic E-state index is -0.00843. The fourth-order valence-electron chi connectivity index (χ4n) is 1.39. The van der Waals surface area contributed by atoms with Gasteiger partial charge in [0.1, 0.15) is 0 Å². The van der Waals surface area contributed by atoms with Gasteiger partial charge in [-0.05, 0) is 40.6 Å². The summed E-state index contributed by atoms with van der Waals surface area (Å²) in [5.74, 6) is -0.00843. The van der Waals surface area contributed by atoms with Crippen LogP contribution in [0.15, 0.2) is 35.0 Å². The highest BCUT2D eigenvalue weighted by Gasteiger charge is 2.11. The van der Waals surface area contributed by atoms with Gasteiger partial charge in [-0.15, -0.1) is 0 Å². The second-order valence-electron chi connectivity index (χ2n) is 3.36. The van der Waals surface area contributed by atoms with E-state index in [4.69, 9.17) is 23.2 Å². The van der Waals surface area contributed by atoms with Gasteiger partial charge >= 0.3 is 0 Å². The predicted octanol–water partition coefficient (Wildman–Crippen LogP) is 4.48. The molecule has 2 rings (SSSR count). The van der Waals surface area contributed by atoms with Crippen LogP contribution in [0.5, 0.6) is 0 Å². The molecule has 0 saturated heterocycles. The SMILES string of the molecule is O=C(Cc1ccsc1)c1cc(Cl)ccc1Cl. The van der Waals surface area contributed by atoms with Crippen LogP contribution in [-0.2, 0) is 6.42 Å². The normalized spacial score (nSPS) is 10.4. The van der Waals surface area contributed by atoms with E-state index in [2.05, 4.69) is 0 Å². The van der Waals surface area contributed by atoms with Crippen LogP contribution in [-0.4, -0.2) is 5.78 Å². The van der Waals surface area contributed by atoms with Crippen molar-refractivity contribution in [3.63, 3.8) is 0 Å². The third-order valence-electron chi connectivity index (χ3n) is 2.17. The molecule has 4 heteroatoms. The molecule has 0 aliphatic rings. The van der Waals surface area contributed by atoms with Crippen molar-refractivity contribution in [1.29, 1.82) is 0 Å². The largest absolute Gasteiger partial charge is 0.294 e. The fraction of sp³-hybridized carbons (Fsp3) is 0.0833. The molecule has 1 aromatic heterocycles. The van der Waals surface area contributed by atoms with Crippen LogP contribution in [0, 0.1) is 0 Å². The van der Waals surface area contributed by atoms with Gasteiger partial charge in [-0.1, -0.05) is 23.2 Å². The Morgan fingerprint density at radius 1 is 1.25 bits per heavy atom. The highest BCUT2D eigenvalue weighted by molar-refractivity contribution is 7.08. The molecule has 0 amide bonds. The van der Waals surface area contributed by atoms with Crippen LogP contribution in [0.2, 0.25) is 10.0 Å². The van der Waals surface area contributed by atoms with E-state index in [9.17, 15) is 4.79 Å². The van der Waals surface area contributed by atoms with Crippen LogP contribution >= 0.6 is 34.5 Å². The number of carbonyl (C=O) groups is 1. The first kappa shape index (κ1) is 11.6. The van der Waals surface area contributed by atoms with E-state index in [1.165, 1.54) is 0 Å². The predicted molar refractivity (Wildman–Crippen MR) is 68.8 cm³/mol. The van der Waals surface area contributed by atoms with E-state index in [0.29, 0.717) is 22.0 Å². The Kier molecular flexibility index (Phi) is 3.64. The molecule has 16 heavy (non-hydrogen) atoms. The minimum Gasteiger partial charge on any atom is -0.294 e. The van der Waals surface area contributed by atoms with Crippen molar-refractivity contribution in [1.82, 2.24) is 0 Å². The summed E-state index contributed by atoms with van der Waals surface area (Å²) < 4.78 is 0. The van der Waals surface area contributed by atoms with E-state index < -0.39 is 0 Å². The van der Waals surface area contributed by atoms with Gasteiger partial charge in [0.05, 0.1) is 5.02 Å². The maximum Gasteiger partial charge on any atom is 0.168 e. The fourth-order valence-corrected chi connectivity index (χ4v) is 2.45. The first-order valence-electron chi connectivity index (χ1n) is 4.66. The van der Waals surface area contributed by atoms with Crippen molar-refractivity contribution >= 4 is 40.3 Å². The van der Waals surface area contributed by atoms with Crippen LogP contribution in [0.1, 0.15) is 15.9 Å². The second-order valence-corrected chi connectivity index (χ2v) is 4.98. The maximum atomic E-state index is 11.9. The molecular weight excluding hydrogens is 263 g/mol. The molecule has 0 spiro atoms. The third kappa shape index (κ3) is 2.64. The molecule has 0 N–H and O–H groups in total. The van der Waals surface area contributed by atoms with Gasteiger partial charge in [0.15, 0.2) is 5.78 Å². The lowest BCUT2D eigenvalue weighted by Gasteiger charge is -2.03. The zero-order valence-corrected chi connectivity index (χ0v) is 10.6. The molecule has 0 saturated carbocycles. The number of halogens is 2. The summed E-state index contributed by atoms with van der Waals surface area (Å²) in [7, 11) is 0. The first-order valence-corrected chi connectivity index (χ1v) is 6.36. The summed E-state index contributed by atoms with van der Waals surface area (Å²) in [6.45, 7) is 0. The average Bonchev–Trinajstić information content (AvgIpc) is 2.74. The zero-order valence-electron chi connectivity index (χ0n) is 8.24. The van der Waals surface area contributed by atoms with E-state index in [-0.39, 0.29) is 5.78 Å². The molecule has 0 atom stereocenters. The molecule has 0 fully saturated rings. The lowest BCUT2D eigenvalue weighted by molar-refractivity contribution is 0.0993. The number of carbonyl (C=O) groups excluding carboxylic acids is 1. The van der Waals surface area contributed by atoms with Crippen LogP contribution in [0.25, 0.3) is 0 Å². The molecule has 1 nitrogen and oxygen atoms in total. The lowest BCUT2D eigenvalue weighted by Crippen LogP contribution is -2.03. The highest BCUT2D eigenvalue weighted by atomic mass is 35.5. The number of ketones is 1. The monoisotopic (exact) mass is 270 g/mol. The molecule has 0 radical (unpaired) electrons. The van der Waals surface area contributed by atoms with Crippen LogP contribution in [0.3, 0.4) is 0 Å². The Labute approximate surface area is 108 Å². The molecule has 1 heterocycles. The van der Waals surface area contributed by atoms with Crippen LogP contribution < -0.4 is 0 Å². The van der Waals surface area contributed by atoms with Gasteiger partial charge in [-0.25, -0.2) is 0 Å². The minimum absolute atomic E-state index is 0.00843. The Balaban J connectivity index is 2.24.